The number of carboxylic acids is 1. The molecule has 0 fully saturated rings. The molecular weight excluding hydrogens is 307 g/mol. The Morgan fingerprint density at radius 3 is 2.24 bits per heavy atom. The molecule has 7 heteroatoms. The van der Waals surface area contributed by atoms with Crippen molar-refractivity contribution in [3.8, 4) is 11.1 Å². The zero-order valence-corrected chi connectivity index (χ0v) is 11.2. The molecule has 0 aromatic heterocycles. The van der Waals surface area contributed by atoms with Gasteiger partial charge >= 0.3 is 12.1 Å². The number of nitrogen functional groups attached to an aromatic ring is 1. The molecule has 0 amide bonds. The van der Waals surface area contributed by atoms with Crippen LogP contribution in [0.2, 0.25) is 5.02 Å². The van der Waals surface area contributed by atoms with Gasteiger partial charge in [-0.1, -0.05) is 23.7 Å². The van der Waals surface area contributed by atoms with Crippen molar-refractivity contribution in [1.29, 1.82) is 0 Å². The number of rotatable bonds is 2. The van der Waals surface area contributed by atoms with Crippen molar-refractivity contribution in [2.75, 3.05) is 5.73 Å². The van der Waals surface area contributed by atoms with Crippen molar-refractivity contribution in [3.05, 3.63) is 52.5 Å². The highest BCUT2D eigenvalue weighted by molar-refractivity contribution is 6.31. The second-order valence-corrected chi connectivity index (χ2v) is 4.71. The van der Waals surface area contributed by atoms with E-state index in [0.29, 0.717) is 5.56 Å². The van der Waals surface area contributed by atoms with E-state index < -0.39 is 22.7 Å². The maximum absolute atomic E-state index is 12.8. The first-order valence-electron chi connectivity index (χ1n) is 5.70. The zero-order valence-electron chi connectivity index (χ0n) is 10.4. The van der Waals surface area contributed by atoms with Gasteiger partial charge < -0.3 is 10.8 Å². The average Bonchev–Trinajstić information content (AvgIpc) is 2.38. The van der Waals surface area contributed by atoms with E-state index in [1.54, 1.807) is 0 Å². The molecule has 0 aliphatic heterocycles. The Balaban J connectivity index is 2.58. The Bertz CT molecular complexity index is 714. The van der Waals surface area contributed by atoms with Crippen LogP contribution in [-0.4, -0.2) is 11.1 Å². The lowest BCUT2D eigenvalue weighted by Crippen LogP contribution is -2.06. The molecule has 0 unspecified atom stereocenters. The van der Waals surface area contributed by atoms with Gasteiger partial charge in [0, 0.05) is 5.69 Å². The van der Waals surface area contributed by atoms with E-state index in [9.17, 15) is 18.0 Å². The molecule has 0 aliphatic rings. The smallest absolute Gasteiger partial charge is 0.417 e. The van der Waals surface area contributed by atoms with Gasteiger partial charge in [0.05, 0.1) is 16.1 Å². The molecule has 0 aliphatic carbocycles. The van der Waals surface area contributed by atoms with Crippen LogP contribution in [0.15, 0.2) is 36.4 Å². The van der Waals surface area contributed by atoms with Crippen molar-refractivity contribution >= 4 is 23.3 Å². The van der Waals surface area contributed by atoms with Crippen LogP contribution in [0.25, 0.3) is 11.1 Å². The third-order valence-electron chi connectivity index (χ3n) is 2.89. The van der Waals surface area contributed by atoms with E-state index in [4.69, 9.17) is 22.4 Å². The van der Waals surface area contributed by atoms with Gasteiger partial charge in [-0.25, -0.2) is 4.79 Å². The summed E-state index contributed by atoms with van der Waals surface area (Å²) in [5, 5.41) is 8.57. The van der Waals surface area contributed by atoms with E-state index >= 15 is 0 Å². The minimum absolute atomic E-state index is 0.0382. The molecule has 110 valence electrons. The fourth-order valence-corrected chi connectivity index (χ4v) is 2.07. The van der Waals surface area contributed by atoms with Crippen LogP contribution < -0.4 is 5.73 Å². The van der Waals surface area contributed by atoms with Crippen LogP contribution in [0, 0.1) is 0 Å². The molecule has 0 bridgehead atoms. The Morgan fingerprint density at radius 2 is 1.67 bits per heavy atom. The van der Waals surface area contributed by atoms with E-state index in [0.717, 1.165) is 12.1 Å². The van der Waals surface area contributed by atoms with Crippen molar-refractivity contribution in [2.24, 2.45) is 0 Å². The number of nitrogens with two attached hydrogens (primary N) is 1. The van der Waals surface area contributed by atoms with Gasteiger partial charge in [-0.2, -0.15) is 13.2 Å². The van der Waals surface area contributed by atoms with E-state index in [-0.39, 0.29) is 16.8 Å². The molecule has 0 atom stereocenters. The SMILES string of the molecule is Nc1ccc(-c2ccc(Cl)c(C(F)(F)F)c2)cc1C(=O)O. The number of aromatic carboxylic acids is 1. The predicted molar refractivity (Wildman–Crippen MR) is 73.3 cm³/mol. The zero-order chi connectivity index (χ0) is 15.8. The van der Waals surface area contributed by atoms with Crippen molar-refractivity contribution < 1.29 is 23.1 Å². The van der Waals surface area contributed by atoms with E-state index in [1.807, 2.05) is 0 Å². The number of carbonyl (C=O) groups is 1. The topological polar surface area (TPSA) is 63.3 Å². The monoisotopic (exact) mass is 315 g/mol. The molecule has 2 aromatic rings. The summed E-state index contributed by atoms with van der Waals surface area (Å²) in [5.74, 6) is -1.25. The summed E-state index contributed by atoms with van der Waals surface area (Å²) in [6, 6.07) is 7.39. The molecule has 0 radical (unpaired) electrons. The number of hydrogen-bond acceptors (Lipinski definition) is 2. The Kier molecular flexibility index (Phi) is 3.82. The summed E-state index contributed by atoms with van der Waals surface area (Å²) < 4.78 is 38.5. The summed E-state index contributed by atoms with van der Waals surface area (Å²) in [6.07, 6.45) is -4.59. The minimum atomic E-state index is -4.59. The van der Waals surface area contributed by atoms with Crippen LogP contribution in [0.1, 0.15) is 15.9 Å². The quantitative estimate of drug-likeness (QED) is 0.812. The molecular formula is C14H9ClF3NO2. The third kappa shape index (κ3) is 3.11. The van der Waals surface area contributed by atoms with Crippen LogP contribution in [0.5, 0.6) is 0 Å². The van der Waals surface area contributed by atoms with Crippen molar-refractivity contribution in [3.63, 3.8) is 0 Å². The number of halogens is 4. The average molecular weight is 316 g/mol. The van der Waals surface area contributed by atoms with Gasteiger partial charge in [0.2, 0.25) is 0 Å². The van der Waals surface area contributed by atoms with Gasteiger partial charge in [0.1, 0.15) is 0 Å². The first kappa shape index (κ1) is 15.2. The van der Waals surface area contributed by atoms with Gasteiger partial charge in [-0.05, 0) is 35.4 Å². The third-order valence-corrected chi connectivity index (χ3v) is 3.22. The van der Waals surface area contributed by atoms with Crippen molar-refractivity contribution in [1.82, 2.24) is 0 Å². The number of carboxylic acid groups (broad SMARTS) is 1. The molecule has 0 saturated heterocycles. The lowest BCUT2D eigenvalue weighted by atomic mass is 10.00. The highest BCUT2D eigenvalue weighted by Gasteiger charge is 2.33. The van der Waals surface area contributed by atoms with Crippen molar-refractivity contribution in [2.45, 2.75) is 6.18 Å². The van der Waals surface area contributed by atoms with Crippen LogP contribution in [0.3, 0.4) is 0 Å². The first-order chi connectivity index (χ1) is 9.70. The number of anilines is 1. The molecule has 3 N–H and O–H groups in total. The fourth-order valence-electron chi connectivity index (χ4n) is 1.84. The maximum atomic E-state index is 12.8. The van der Waals surface area contributed by atoms with Crippen LogP contribution in [0.4, 0.5) is 18.9 Å². The Labute approximate surface area is 122 Å². The van der Waals surface area contributed by atoms with Crippen LogP contribution >= 0.6 is 11.6 Å². The van der Waals surface area contributed by atoms with Gasteiger partial charge in [0.15, 0.2) is 0 Å². The van der Waals surface area contributed by atoms with Gasteiger partial charge in [-0.15, -0.1) is 0 Å². The highest BCUT2D eigenvalue weighted by atomic mass is 35.5. The van der Waals surface area contributed by atoms with E-state index in [2.05, 4.69) is 0 Å². The maximum Gasteiger partial charge on any atom is 0.417 e. The summed E-state index contributed by atoms with van der Waals surface area (Å²) in [4.78, 5) is 11.0. The molecule has 3 nitrogen and oxygen atoms in total. The molecule has 0 spiro atoms. The Hall–Kier alpha value is -2.21. The molecule has 0 saturated carbocycles. The number of benzene rings is 2. The molecule has 2 rings (SSSR count). The second kappa shape index (κ2) is 5.29. The largest absolute Gasteiger partial charge is 0.478 e. The summed E-state index contributed by atoms with van der Waals surface area (Å²) >= 11 is 5.54. The summed E-state index contributed by atoms with van der Waals surface area (Å²) in [5.41, 5.74) is 4.91. The molecule has 21 heavy (non-hydrogen) atoms. The predicted octanol–water partition coefficient (Wildman–Crippen LogP) is 4.31. The number of alkyl halides is 3. The molecule has 2 aromatic carbocycles. The van der Waals surface area contributed by atoms with E-state index in [1.165, 1.54) is 24.3 Å². The summed E-state index contributed by atoms with van der Waals surface area (Å²) in [7, 11) is 0. The number of hydrogen-bond donors (Lipinski definition) is 2. The summed E-state index contributed by atoms with van der Waals surface area (Å²) in [6.45, 7) is 0. The normalized spacial score (nSPS) is 11.4. The minimum Gasteiger partial charge on any atom is -0.478 e. The van der Waals surface area contributed by atoms with Crippen LogP contribution in [-0.2, 0) is 6.18 Å². The molecule has 0 heterocycles. The fraction of sp³-hybridized carbons (Fsp3) is 0.0714. The Morgan fingerprint density at radius 1 is 1.10 bits per heavy atom. The van der Waals surface area contributed by atoms with Gasteiger partial charge in [0.25, 0.3) is 0 Å². The van der Waals surface area contributed by atoms with Gasteiger partial charge in [-0.3, -0.25) is 0 Å². The highest BCUT2D eigenvalue weighted by Crippen LogP contribution is 2.37. The second-order valence-electron chi connectivity index (χ2n) is 4.30. The lowest BCUT2D eigenvalue weighted by Gasteiger charge is -2.12. The first-order valence-corrected chi connectivity index (χ1v) is 6.08. The standard InChI is InChI=1S/C14H9ClF3NO2/c15-11-3-1-8(6-10(11)14(16,17)18)7-2-4-12(19)9(5-7)13(20)21/h1-6H,19H2,(H,20,21). The lowest BCUT2D eigenvalue weighted by molar-refractivity contribution is -0.137.